The summed E-state index contributed by atoms with van der Waals surface area (Å²) in [6.07, 6.45) is -0.304. The van der Waals surface area contributed by atoms with Crippen LogP contribution < -0.4 is 14.0 Å². The molecule has 13 heteroatoms. The van der Waals surface area contributed by atoms with Gasteiger partial charge in [-0.05, 0) is 0 Å². The summed E-state index contributed by atoms with van der Waals surface area (Å²) in [4.78, 5) is 56.8. The van der Waals surface area contributed by atoms with Gasteiger partial charge in [-0.2, -0.15) is 0 Å². The van der Waals surface area contributed by atoms with Gasteiger partial charge >= 0.3 is 321 Å². The van der Waals surface area contributed by atoms with Crippen molar-refractivity contribution in [1.82, 2.24) is 0 Å². The van der Waals surface area contributed by atoms with Crippen molar-refractivity contribution in [2.75, 3.05) is 17.6 Å². The molecule has 0 fully saturated rings. The van der Waals surface area contributed by atoms with Gasteiger partial charge in [-0.1, -0.05) is 0 Å². The summed E-state index contributed by atoms with van der Waals surface area (Å²) in [5, 5.41) is 0. The van der Waals surface area contributed by atoms with Crippen LogP contribution in [0.3, 0.4) is 0 Å². The standard InChI is InChI=1S/4C6H5.C4H8O2.3C3H5ClO2.CH2.2Sb/c4*1-2-4-6-5-3-1;1-2-3-4(5)6;3*4-2-1-3(5)6;;;/h4*1-5H;2-3H2,1H3,(H,5,6);3*1-2H2,(H,5,6);1H2;;/q;;;;;;;;;2*+2/p-4. The molecule has 0 unspecified atom stereocenters. The molecule has 0 atom stereocenters. The van der Waals surface area contributed by atoms with Gasteiger partial charge in [-0.15, -0.1) is 0 Å². The quantitative estimate of drug-likeness (QED) is 0.0911. The number of hydrogen-bond donors (Lipinski definition) is 0. The Morgan fingerprint density at radius 3 is 0.882 bits per heavy atom. The zero-order valence-electron chi connectivity index (χ0n) is 28.2. The first kappa shape index (κ1) is 41.0. The van der Waals surface area contributed by atoms with Crippen LogP contribution in [-0.2, 0) is 31.2 Å². The van der Waals surface area contributed by atoms with Gasteiger partial charge in [0.15, 0.2) is 0 Å². The Labute approximate surface area is 318 Å². The van der Waals surface area contributed by atoms with Crippen LogP contribution in [0.25, 0.3) is 0 Å². The predicted molar refractivity (Wildman–Crippen MR) is 206 cm³/mol. The van der Waals surface area contributed by atoms with Crippen molar-refractivity contribution in [3.05, 3.63) is 121 Å². The number of alkyl halides is 3. The molecule has 0 aromatic heterocycles. The second-order valence-corrected chi connectivity index (χ2v) is 39.8. The molecule has 0 saturated carbocycles. The molecule has 0 amide bonds. The average molecular weight is 976 g/mol. The van der Waals surface area contributed by atoms with Gasteiger partial charge < -0.3 is 0 Å². The fourth-order valence-electron chi connectivity index (χ4n) is 6.06. The molecular formula is C38H41Cl3O8Sb2. The molecule has 4 rings (SSSR count). The van der Waals surface area contributed by atoms with Crippen LogP contribution >= 0.6 is 34.8 Å². The minimum absolute atomic E-state index is 0.0206. The van der Waals surface area contributed by atoms with E-state index in [1.807, 2.05) is 6.92 Å². The Kier molecular flexibility index (Phi) is 14.8. The van der Waals surface area contributed by atoms with Crippen molar-refractivity contribution >= 4 is 109 Å². The third kappa shape index (κ3) is 8.74. The first-order valence-corrected chi connectivity index (χ1v) is 30.9. The zero-order chi connectivity index (χ0) is 36.8. The van der Waals surface area contributed by atoms with E-state index in [0.29, 0.717) is 20.5 Å². The first-order chi connectivity index (χ1) is 24.6. The normalized spacial score (nSPS) is 13.0. The molecule has 8 nitrogen and oxygen atoms in total. The van der Waals surface area contributed by atoms with Gasteiger partial charge in [0.1, 0.15) is 0 Å². The maximum atomic E-state index is 14.2. The van der Waals surface area contributed by atoms with Gasteiger partial charge in [0.05, 0.1) is 0 Å². The van der Waals surface area contributed by atoms with Crippen LogP contribution in [0.4, 0.5) is 0 Å². The van der Waals surface area contributed by atoms with Crippen molar-refractivity contribution < 1.29 is 31.2 Å². The number of hydrogen-bond acceptors (Lipinski definition) is 8. The van der Waals surface area contributed by atoms with E-state index >= 15 is 0 Å². The molecule has 0 N–H and O–H groups in total. The summed E-state index contributed by atoms with van der Waals surface area (Å²) in [7, 11) is 0. The van der Waals surface area contributed by atoms with Crippen LogP contribution in [-0.4, -0.2) is 78.0 Å². The molecule has 0 radical (unpaired) electrons. The molecule has 0 aliphatic heterocycles. The fourth-order valence-corrected chi connectivity index (χ4v) is 65.6. The molecule has 0 aliphatic rings. The van der Waals surface area contributed by atoms with Gasteiger partial charge in [0, 0.05) is 0 Å². The molecule has 272 valence electrons. The zero-order valence-corrected chi connectivity index (χ0v) is 35.6. The SMILES string of the molecule is CCCC(=O)[O][Sb]([CH2][Sb]([O]C(=O)CCCl)([O]C(=O)CCCl)([c]1ccccc1)[c]1ccccc1)([O]C(=O)CCCl)([c]1ccccc1)[c]1ccccc1. The number of carbonyl (C=O) groups is 4. The van der Waals surface area contributed by atoms with E-state index in [0.717, 1.165) is 0 Å². The van der Waals surface area contributed by atoms with E-state index in [-0.39, 0.29) is 43.3 Å². The summed E-state index contributed by atoms with van der Waals surface area (Å²) in [5.41, 5.74) is 0. The minimum atomic E-state index is -6.72. The summed E-state index contributed by atoms with van der Waals surface area (Å²) in [6, 6.07) is 34.9. The molecule has 0 spiro atoms. The van der Waals surface area contributed by atoms with E-state index in [1.54, 1.807) is 121 Å². The fraction of sp³-hybridized carbons (Fsp3) is 0.263. The van der Waals surface area contributed by atoms with Gasteiger partial charge in [0.25, 0.3) is 0 Å². The molecular weight excluding hydrogens is 934 g/mol. The summed E-state index contributed by atoms with van der Waals surface area (Å²) < 4.78 is 28.8. The van der Waals surface area contributed by atoms with Crippen molar-refractivity contribution in [3.8, 4) is 0 Å². The van der Waals surface area contributed by atoms with Crippen LogP contribution in [0.5, 0.6) is 0 Å². The van der Waals surface area contributed by atoms with Crippen molar-refractivity contribution in [2.24, 2.45) is 0 Å². The maximum absolute atomic E-state index is 14.2. The van der Waals surface area contributed by atoms with E-state index in [2.05, 4.69) is 0 Å². The second-order valence-electron chi connectivity index (χ2n) is 11.7. The summed E-state index contributed by atoms with van der Waals surface area (Å²) >= 11 is 5.01. The van der Waals surface area contributed by atoms with Crippen molar-refractivity contribution in [1.29, 1.82) is 0 Å². The Bertz CT molecular complexity index is 1520. The molecule has 0 heterocycles. The van der Waals surface area contributed by atoms with E-state index in [1.165, 1.54) is 0 Å². The topological polar surface area (TPSA) is 105 Å². The molecule has 0 saturated heterocycles. The third-order valence-corrected chi connectivity index (χ3v) is 53.4. The van der Waals surface area contributed by atoms with Crippen LogP contribution in [0, 0.1) is 0 Å². The third-order valence-electron chi connectivity index (χ3n) is 8.16. The Morgan fingerprint density at radius 2 is 0.667 bits per heavy atom. The van der Waals surface area contributed by atoms with E-state index in [4.69, 9.17) is 46.9 Å². The number of halogens is 3. The molecule has 0 bridgehead atoms. The van der Waals surface area contributed by atoms with Crippen LogP contribution in [0.2, 0.25) is 2.31 Å². The average Bonchev–Trinajstić information content (AvgIpc) is 3.13. The van der Waals surface area contributed by atoms with Gasteiger partial charge in [0.2, 0.25) is 0 Å². The Morgan fingerprint density at radius 1 is 0.431 bits per heavy atom. The van der Waals surface area contributed by atoms with Gasteiger partial charge in [-0.25, -0.2) is 0 Å². The number of rotatable bonds is 18. The predicted octanol–water partition coefficient (Wildman–Crippen LogP) is 5.81. The Balaban J connectivity index is 2.40. The van der Waals surface area contributed by atoms with Crippen LogP contribution in [0.1, 0.15) is 39.0 Å². The van der Waals surface area contributed by atoms with E-state index in [9.17, 15) is 19.2 Å². The first-order valence-electron chi connectivity index (χ1n) is 16.5. The monoisotopic (exact) mass is 972 g/mol. The second kappa shape index (κ2) is 18.3. The molecule has 0 aliphatic carbocycles. The molecule has 4 aromatic carbocycles. The van der Waals surface area contributed by atoms with Crippen molar-refractivity contribution in [2.45, 2.75) is 41.3 Å². The number of benzene rings is 4. The Hall–Kier alpha value is -2.73. The van der Waals surface area contributed by atoms with E-state index < -0.39 is 62.7 Å². The number of carbonyl (C=O) groups excluding carboxylic acids is 4. The summed E-state index contributed by atoms with van der Waals surface area (Å²) in [6.45, 7) is 1.83. The van der Waals surface area contributed by atoms with Gasteiger partial charge in [-0.3, -0.25) is 0 Å². The summed E-state index contributed by atoms with van der Waals surface area (Å²) in [5.74, 6) is -3.15. The van der Waals surface area contributed by atoms with Crippen LogP contribution in [0.15, 0.2) is 121 Å². The molecule has 4 aromatic rings. The van der Waals surface area contributed by atoms with Crippen molar-refractivity contribution in [3.63, 3.8) is 0 Å². The molecule has 51 heavy (non-hydrogen) atoms.